The Labute approximate surface area is 206 Å². The van der Waals surface area contributed by atoms with Crippen molar-refractivity contribution in [2.45, 2.75) is 20.0 Å². The number of benzene rings is 2. The second kappa shape index (κ2) is 9.02. The van der Waals surface area contributed by atoms with Gasteiger partial charge in [-0.05, 0) is 73.5 Å². The monoisotopic (exact) mass is 467 g/mol. The Balaban J connectivity index is 1.30. The van der Waals surface area contributed by atoms with Crippen LogP contribution in [0.25, 0.3) is 33.3 Å². The second-order valence-electron chi connectivity index (χ2n) is 9.99. The van der Waals surface area contributed by atoms with E-state index in [1.165, 1.54) is 22.4 Å². The van der Waals surface area contributed by atoms with E-state index in [1.807, 2.05) is 6.20 Å². The number of nitrogens with zero attached hydrogens (tertiary/aromatic N) is 3. The maximum atomic E-state index is 5.98. The summed E-state index contributed by atoms with van der Waals surface area (Å²) in [7, 11) is 2.20. The highest BCUT2D eigenvalue weighted by Gasteiger charge is 2.20. The molecule has 0 radical (unpaired) electrons. The fourth-order valence-corrected chi connectivity index (χ4v) is 5.30. The van der Waals surface area contributed by atoms with E-state index in [4.69, 9.17) is 9.72 Å². The summed E-state index contributed by atoms with van der Waals surface area (Å²) in [6.45, 7) is 10.7. The van der Waals surface area contributed by atoms with Gasteiger partial charge in [0.1, 0.15) is 17.5 Å². The van der Waals surface area contributed by atoms with Crippen molar-refractivity contribution in [3.05, 3.63) is 66.0 Å². The lowest BCUT2D eigenvalue weighted by molar-refractivity contribution is 0.142. The Morgan fingerprint density at radius 3 is 2.26 bits per heavy atom. The van der Waals surface area contributed by atoms with Gasteiger partial charge in [-0.1, -0.05) is 12.1 Å². The average molecular weight is 468 g/mol. The third-order valence-electron chi connectivity index (χ3n) is 7.39. The Kier molecular flexibility index (Phi) is 5.71. The predicted molar refractivity (Wildman–Crippen MR) is 143 cm³/mol. The minimum atomic E-state index is 0.287. The number of ether oxygens (including phenoxy) is 1. The van der Waals surface area contributed by atoms with Crippen LogP contribution in [0.1, 0.15) is 11.1 Å². The maximum absolute atomic E-state index is 5.98. The molecule has 0 bridgehead atoms. The van der Waals surface area contributed by atoms with Gasteiger partial charge in [0.2, 0.25) is 0 Å². The molecule has 2 aromatic carbocycles. The van der Waals surface area contributed by atoms with Crippen molar-refractivity contribution in [3.63, 3.8) is 0 Å². The predicted octanol–water partition coefficient (Wildman–Crippen LogP) is 4.62. The molecule has 0 amide bonds. The molecule has 6 nitrogen and oxygen atoms in total. The van der Waals surface area contributed by atoms with Gasteiger partial charge in [-0.25, -0.2) is 4.98 Å². The number of aromatic nitrogens is 2. The first-order chi connectivity index (χ1) is 17.0. The van der Waals surface area contributed by atoms with Gasteiger partial charge >= 0.3 is 0 Å². The molecule has 2 aliphatic rings. The Morgan fingerprint density at radius 1 is 0.886 bits per heavy atom. The highest BCUT2D eigenvalue weighted by molar-refractivity contribution is 5.96. The quantitative estimate of drug-likeness (QED) is 0.449. The molecular formula is C29H33N5O. The number of anilines is 1. The summed E-state index contributed by atoms with van der Waals surface area (Å²) < 4.78 is 5.98. The maximum Gasteiger partial charge on any atom is 0.137 e. The first-order valence-electron chi connectivity index (χ1n) is 12.6. The van der Waals surface area contributed by atoms with E-state index < -0.39 is 0 Å². The zero-order valence-electron chi connectivity index (χ0n) is 20.8. The molecule has 4 heterocycles. The van der Waals surface area contributed by atoms with E-state index in [-0.39, 0.29) is 6.10 Å². The largest absolute Gasteiger partial charge is 0.488 e. The molecule has 2 aromatic heterocycles. The number of aromatic amines is 1. The van der Waals surface area contributed by atoms with Gasteiger partial charge in [0.05, 0.1) is 0 Å². The number of fused-ring (bicyclic) bond motifs is 1. The first-order valence-corrected chi connectivity index (χ1v) is 12.6. The van der Waals surface area contributed by atoms with Gasteiger partial charge in [-0.15, -0.1) is 0 Å². The van der Waals surface area contributed by atoms with Crippen molar-refractivity contribution >= 4 is 16.7 Å². The number of likely N-dealkylation sites (N-methyl/N-ethyl adjacent to an activating group) is 1. The lowest BCUT2D eigenvalue weighted by Crippen LogP contribution is -2.50. The van der Waals surface area contributed by atoms with E-state index in [0.717, 1.165) is 72.7 Å². The zero-order valence-corrected chi connectivity index (χ0v) is 20.8. The summed E-state index contributed by atoms with van der Waals surface area (Å²) in [6.07, 6.45) is 4.33. The highest BCUT2D eigenvalue weighted by atomic mass is 16.5. The van der Waals surface area contributed by atoms with Crippen LogP contribution in [0, 0.1) is 13.8 Å². The van der Waals surface area contributed by atoms with Gasteiger partial charge in [0.25, 0.3) is 0 Å². The third-order valence-corrected chi connectivity index (χ3v) is 7.39. The molecule has 2 saturated heterocycles. The summed E-state index contributed by atoms with van der Waals surface area (Å²) in [5.41, 5.74) is 9.64. The summed E-state index contributed by atoms with van der Waals surface area (Å²) in [6, 6.07) is 15.3. The van der Waals surface area contributed by atoms with Gasteiger partial charge in [0.15, 0.2) is 0 Å². The Bertz CT molecular complexity index is 1320. The number of aryl methyl sites for hydroxylation is 2. The molecule has 180 valence electrons. The van der Waals surface area contributed by atoms with Crippen molar-refractivity contribution in [3.8, 4) is 28.0 Å². The van der Waals surface area contributed by atoms with Crippen LogP contribution in [0.3, 0.4) is 0 Å². The van der Waals surface area contributed by atoms with Crippen LogP contribution >= 0.6 is 0 Å². The van der Waals surface area contributed by atoms with Gasteiger partial charge in [0, 0.05) is 73.9 Å². The molecule has 0 spiro atoms. The van der Waals surface area contributed by atoms with Crippen LogP contribution in [-0.2, 0) is 0 Å². The lowest BCUT2D eigenvalue weighted by atomic mass is 9.97. The van der Waals surface area contributed by atoms with E-state index in [0.29, 0.717) is 0 Å². The molecule has 2 fully saturated rings. The lowest BCUT2D eigenvalue weighted by Gasteiger charge is -2.36. The molecule has 0 saturated carbocycles. The fraction of sp³-hybridized carbons (Fsp3) is 0.345. The minimum absolute atomic E-state index is 0.287. The molecular weight excluding hydrogens is 434 g/mol. The van der Waals surface area contributed by atoms with Gasteiger partial charge < -0.3 is 24.8 Å². The van der Waals surface area contributed by atoms with E-state index in [2.05, 4.69) is 89.7 Å². The van der Waals surface area contributed by atoms with Gasteiger partial charge in [-0.3, -0.25) is 0 Å². The fourth-order valence-electron chi connectivity index (χ4n) is 5.30. The molecule has 4 aromatic rings. The SMILES string of the molecule is Cc1cc(-c2cnc3[nH]cc(-c4ccc(OC5CNC5)cc4)c3c2)cc(C)c1N1CCN(C)CC1. The molecule has 0 atom stereocenters. The summed E-state index contributed by atoms with van der Waals surface area (Å²) >= 11 is 0. The number of hydrogen-bond donors (Lipinski definition) is 2. The Hall–Kier alpha value is -3.35. The molecule has 6 rings (SSSR count). The smallest absolute Gasteiger partial charge is 0.137 e. The normalized spacial score (nSPS) is 17.1. The summed E-state index contributed by atoms with van der Waals surface area (Å²) in [4.78, 5) is 13.0. The first kappa shape index (κ1) is 22.1. The van der Waals surface area contributed by atoms with E-state index in [1.54, 1.807) is 0 Å². The van der Waals surface area contributed by atoms with Crippen LogP contribution < -0.4 is 15.0 Å². The molecule has 2 N–H and O–H groups in total. The second-order valence-corrected chi connectivity index (χ2v) is 9.99. The molecule has 35 heavy (non-hydrogen) atoms. The number of H-pyrrole nitrogens is 1. The van der Waals surface area contributed by atoms with Crippen molar-refractivity contribution in [1.29, 1.82) is 0 Å². The molecule has 6 heteroatoms. The van der Waals surface area contributed by atoms with Crippen LogP contribution in [-0.4, -0.2) is 67.3 Å². The van der Waals surface area contributed by atoms with Gasteiger partial charge in [-0.2, -0.15) is 0 Å². The van der Waals surface area contributed by atoms with Crippen molar-refractivity contribution < 1.29 is 4.74 Å². The van der Waals surface area contributed by atoms with Crippen LogP contribution in [0.2, 0.25) is 0 Å². The van der Waals surface area contributed by atoms with Crippen molar-refractivity contribution in [2.75, 3.05) is 51.2 Å². The van der Waals surface area contributed by atoms with E-state index >= 15 is 0 Å². The number of nitrogens with one attached hydrogen (secondary N) is 2. The number of rotatable bonds is 5. The third kappa shape index (κ3) is 4.28. The van der Waals surface area contributed by atoms with Crippen LogP contribution in [0.5, 0.6) is 5.75 Å². The van der Waals surface area contributed by atoms with Crippen LogP contribution in [0.4, 0.5) is 5.69 Å². The standard InChI is InChI=1S/C29H33N5O/c1-19-12-22(13-20(2)28(19)34-10-8-33(3)9-11-34)23-14-26-27(18-32-29(26)31-15-23)21-4-6-24(7-5-21)35-25-16-30-17-25/h4-7,12-15,18,25,30H,8-11,16-17H2,1-3H3,(H,31,32). The van der Waals surface area contributed by atoms with Crippen molar-refractivity contribution in [1.82, 2.24) is 20.2 Å². The number of pyridine rings is 1. The number of hydrogen-bond acceptors (Lipinski definition) is 5. The molecule has 0 aliphatic carbocycles. The van der Waals surface area contributed by atoms with Crippen LogP contribution in [0.15, 0.2) is 54.9 Å². The highest BCUT2D eigenvalue weighted by Crippen LogP contribution is 2.35. The topological polar surface area (TPSA) is 56.4 Å². The minimum Gasteiger partial charge on any atom is -0.488 e. The average Bonchev–Trinajstić information content (AvgIpc) is 3.26. The summed E-state index contributed by atoms with van der Waals surface area (Å²) in [5, 5.41) is 4.38. The zero-order chi connectivity index (χ0) is 23.9. The molecule has 0 unspecified atom stereocenters. The van der Waals surface area contributed by atoms with Crippen molar-refractivity contribution in [2.24, 2.45) is 0 Å². The Morgan fingerprint density at radius 2 is 1.60 bits per heavy atom. The summed E-state index contributed by atoms with van der Waals surface area (Å²) in [5.74, 6) is 0.922. The van der Waals surface area contributed by atoms with E-state index in [9.17, 15) is 0 Å². The molecule has 2 aliphatic heterocycles. The number of piperazine rings is 1.